The van der Waals surface area contributed by atoms with Crippen LogP contribution in [0.3, 0.4) is 0 Å². The lowest BCUT2D eigenvalue weighted by molar-refractivity contribution is 0.204. The van der Waals surface area contributed by atoms with Crippen LogP contribution in [0.4, 0.5) is 11.6 Å². The minimum Gasteiger partial charge on any atom is -0.439 e. The molecule has 0 aliphatic heterocycles. The second-order valence-corrected chi connectivity index (χ2v) is 12.6. The Labute approximate surface area is 229 Å². The Hall–Kier alpha value is -2.66. The average Bonchev–Trinajstić information content (AvgIpc) is 3.34. The van der Waals surface area contributed by atoms with Crippen molar-refractivity contribution in [1.82, 2.24) is 9.97 Å². The lowest BCUT2D eigenvalue weighted by atomic mass is 9.92. The van der Waals surface area contributed by atoms with Gasteiger partial charge in [-0.15, -0.1) is 0 Å². The zero-order chi connectivity index (χ0) is 27.5. The smallest absolute Gasteiger partial charge is 0.233 e. The fourth-order valence-electron chi connectivity index (χ4n) is 4.33. The number of oxazole rings is 1. The second-order valence-electron chi connectivity index (χ2n) is 10.2. The lowest BCUT2D eigenvalue weighted by Crippen LogP contribution is -2.35. The van der Waals surface area contributed by atoms with Gasteiger partial charge in [0.1, 0.15) is 11.6 Å². The van der Waals surface area contributed by atoms with E-state index >= 15 is 0 Å². The van der Waals surface area contributed by atoms with Gasteiger partial charge in [-0.25, -0.2) is 18.4 Å². The van der Waals surface area contributed by atoms with Crippen molar-refractivity contribution in [3.63, 3.8) is 0 Å². The number of pyridine rings is 1. The Balaban J connectivity index is 1.73. The molecular formula is C27H36ClN5O4S. The fourth-order valence-corrected chi connectivity index (χ4v) is 5.20. The largest absolute Gasteiger partial charge is 0.439 e. The number of benzene rings is 1. The first-order valence-corrected chi connectivity index (χ1v) is 14.8. The first-order chi connectivity index (χ1) is 18.0. The molecule has 11 heteroatoms. The van der Waals surface area contributed by atoms with E-state index < -0.39 is 15.6 Å². The normalized spacial score (nSPS) is 18.7. The highest BCUT2D eigenvalue weighted by Crippen LogP contribution is 2.41. The van der Waals surface area contributed by atoms with Crippen LogP contribution in [0, 0.1) is 11.8 Å². The van der Waals surface area contributed by atoms with Crippen molar-refractivity contribution in [2.24, 2.45) is 17.6 Å². The number of hydrogen-bond acceptors (Lipinski definition) is 8. The maximum Gasteiger partial charge on any atom is 0.233 e. The minimum absolute atomic E-state index is 0.0341. The van der Waals surface area contributed by atoms with E-state index in [-0.39, 0.29) is 22.5 Å². The van der Waals surface area contributed by atoms with Gasteiger partial charge in [0.05, 0.1) is 34.7 Å². The Kier molecular flexibility index (Phi) is 8.66. The molecule has 3 N–H and O–H groups in total. The monoisotopic (exact) mass is 561 g/mol. The van der Waals surface area contributed by atoms with Crippen LogP contribution >= 0.6 is 11.6 Å². The Morgan fingerprint density at radius 2 is 2.03 bits per heavy atom. The van der Waals surface area contributed by atoms with E-state index in [4.69, 9.17) is 26.5 Å². The van der Waals surface area contributed by atoms with E-state index in [9.17, 15) is 8.42 Å². The second kappa shape index (κ2) is 11.6. The van der Waals surface area contributed by atoms with Gasteiger partial charge in [0.25, 0.3) is 0 Å². The van der Waals surface area contributed by atoms with Crippen molar-refractivity contribution in [2.45, 2.75) is 39.2 Å². The van der Waals surface area contributed by atoms with Crippen LogP contribution in [0.1, 0.15) is 38.5 Å². The maximum atomic E-state index is 12.5. The molecule has 206 valence electrons. The van der Waals surface area contributed by atoms with Crippen molar-refractivity contribution in [2.75, 3.05) is 42.2 Å². The Morgan fingerprint density at radius 1 is 1.32 bits per heavy atom. The van der Waals surface area contributed by atoms with Crippen molar-refractivity contribution in [1.29, 1.82) is 0 Å². The predicted octanol–water partition coefficient (Wildman–Crippen LogP) is 4.68. The molecule has 3 atom stereocenters. The van der Waals surface area contributed by atoms with Crippen LogP contribution in [0.2, 0.25) is 5.02 Å². The van der Waals surface area contributed by atoms with E-state index in [1.54, 1.807) is 26.3 Å². The zero-order valence-electron chi connectivity index (χ0n) is 22.3. The van der Waals surface area contributed by atoms with Crippen LogP contribution in [0.5, 0.6) is 0 Å². The molecule has 0 bridgehead atoms. The summed E-state index contributed by atoms with van der Waals surface area (Å²) in [5.74, 6) is 2.37. The van der Waals surface area contributed by atoms with E-state index in [0.717, 1.165) is 18.5 Å². The third-order valence-corrected chi connectivity index (χ3v) is 8.56. The molecule has 0 amide bonds. The first-order valence-electron chi connectivity index (χ1n) is 12.8. The van der Waals surface area contributed by atoms with Gasteiger partial charge >= 0.3 is 0 Å². The molecular weight excluding hydrogens is 526 g/mol. The lowest BCUT2D eigenvalue weighted by Gasteiger charge is -2.25. The van der Waals surface area contributed by atoms with Gasteiger partial charge in [-0.1, -0.05) is 48.9 Å². The molecule has 2 heterocycles. The van der Waals surface area contributed by atoms with Crippen LogP contribution in [0.15, 0.2) is 47.0 Å². The van der Waals surface area contributed by atoms with Gasteiger partial charge in [-0.05, 0) is 50.2 Å². The minimum atomic E-state index is -3.64. The predicted molar refractivity (Wildman–Crippen MR) is 151 cm³/mol. The molecule has 4 rings (SSSR count). The summed E-state index contributed by atoms with van der Waals surface area (Å²) in [6.45, 7) is 7.50. The molecule has 1 fully saturated rings. The molecule has 0 spiro atoms. The number of ether oxygens (including phenoxy) is 1. The summed E-state index contributed by atoms with van der Waals surface area (Å²) in [4.78, 5) is 11.2. The average molecular weight is 562 g/mol. The van der Waals surface area contributed by atoms with Gasteiger partial charge in [-0.3, -0.25) is 4.72 Å². The number of nitrogens with one attached hydrogen (secondary N) is 1. The molecule has 2 aromatic heterocycles. The molecule has 1 aliphatic rings. The highest BCUT2D eigenvalue weighted by Gasteiger charge is 2.35. The van der Waals surface area contributed by atoms with E-state index in [1.807, 2.05) is 37.3 Å². The number of nitrogens with zero attached hydrogens (tertiary/aromatic N) is 3. The van der Waals surface area contributed by atoms with Crippen molar-refractivity contribution in [3.8, 4) is 11.5 Å². The van der Waals surface area contributed by atoms with E-state index in [0.29, 0.717) is 48.5 Å². The molecule has 1 aromatic carbocycles. The van der Waals surface area contributed by atoms with Crippen LogP contribution in [0.25, 0.3) is 11.5 Å². The maximum absolute atomic E-state index is 12.5. The van der Waals surface area contributed by atoms with Crippen LogP contribution < -0.4 is 15.4 Å². The summed E-state index contributed by atoms with van der Waals surface area (Å²) in [7, 11) is -1.99. The number of methoxy groups -OCH3 is 1. The highest BCUT2D eigenvalue weighted by atomic mass is 35.5. The highest BCUT2D eigenvalue weighted by molar-refractivity contribution is 7.92. The molecule has 3 unspecified atom stereocenters. The van der Waals surface area contributed by atoms with Crippen molar-refractivity contribution < 1.29 is 17.6 Å². The number of hydrogen-bond donors (Lipinski definition) is 2. The number of rotatable bonds is 13. The van der Waals surface area contributed by atoms with Gasteiger partial charge in [0.15, 0.2) is 5.82 Å². The van der Waals surface area contributed by atoms with E-state index in [1.165, 1.54) is 0 Å². The summed E-state index contributed by atoms with van der Waals surface area (Å²) >= 11 is 6.72. The summed E-state index contributed by atoms with van der Waals surface area (Å²) in [5.41, 5.74) is 7.32. The number of nitrogens with two attached hydrogens (primary N) is 1. The van der Waals surface area contributed by atoms with E-state index in [2.05, 4.69) is 26.5 Å². The van der Waals surface area contributed by atoms with Crippen molar-refractivity contribution >= 4 is 33.3 Å². The van der Waals surface area contributed by atoms with Crippen molar-refractivity contribution in [3.05, 3.63) is 58.9 Å². The standard InChI is InChI=1S/C27H36ClN5O4S/c1-5-38(34,35)32-25-24(28)21(14-23(31-25)33(11-12-36-4)17-20-13-18(20)2)26-30-16-22(37-26)27(3,29)15-19-9-7-6-8-10-19/h6-10,14,16,18,20H,5,11-13,15,17,29H2,1-4H3,(H,31,32). The molecule has 0 saturated heterocycles. The van der Waals surface area contributed by atoms with Gasteiger partial charge in [-0.2, -0.15) is 0 Å². The molecule has 1 aliphatic carbocycles. The fraction of sp³-hybridized carbons (Fsp3) is 0.481. The van der Waals surface area contributed by atoms with Gasteiger partial charge in [0, 0.05) is 20.2 Å². The SMILES string of the molecule is CCS(=O)(=O)Nc1nc(N(CCOC)CC2CC2C)cc(-c2ncc(C(C)(N)Cc3ccccc3)o2)c1Cl. The number of aromatic nitrogens is 2. The molecule has 38 heavy (non-hydrogen) atoms. The summed E-state index contributed by atoms with van der Waals surface area (Å²) < 4.78 is 38.9. The Morgan fingerprint density at radius 3 is 2.66 bits per heavy atom. The quantitative estimate of drug-likeness (QED) is 0.308. The summed E-state index contributed by atoms with van der Waals surface area (Å²) in [6, 6.07) is 11.7. The number of anilines is 2. The third kappa shape index (κ3) is 6.85. The molecule has 3 aromatic rings. The van der Waals surface area contributed by atoms with Gasteiger partial charge in [0.2, 0.25) is 15.9 Å². The molecule has 0 radical (unpaired) electrons. The number of sulfonamides is 1. The first kappa shape index (κ1) is 28.4. The number of halogens is 1. The Bertz CT molecular complexity index is 1350. The zero-order valence-corrected chi connectivity index (χ0v) is 23.8. The van der Waals surface area contributed by atoms with Gasteiger partial charge < -0.3 is 19.8 Å². The molecule has 1 saturated carbocycles. The molecule has 9 nitrogen and oxygen atoms in total. The summed E-state index contributed by atoms with van der Waals surface area (Å²) in [6.07, 6.45) is 3.28. The van der Waals surface area contributed by atoms with Crippen LogP contribution in [-0.4, -0.2) is 50.9 Å². The third-order valence-electron chi connectivity index (χ3n) is 6.91. The summed E-state index contributed by atoms with van der Waals surface area (Å²) in [5, 5.41) is 0.104. The van der Waals surface area contributed by atoms with Crippen LogP contribution in [-0.2, 0) is 26.7 Å². The topological polar surface area (TPSA) is 124 Å².